The van der Waals surface area contributed by atoms with Crippen LogP contribution in [0, 0.1) is 13.8 Å². The number of carbonyl (C=O) groups is 1. The summed E-state index contributed by atoms with van der Waals surface area (Å²) in [4.78, 5) is 14.2. The van der Waals surface area contributed by atoms with Crippen molar-refractivity contribution in [3.05, 3.63) is 53.0 Å². The van der Waals surface area contributed by atoms with Gasteiger partial charge in [0.1, 0.15) is 11.5 Å². The lowest BCUT2D eigenvalue weighted by Gasteiger charge is -2.18. The van der Waals surface area contributed by atoms with Crippen molar-refractivity contribution in [3.8, 4) is 0 Å². The van der Waals surface area contributed by atoms with Crippen molar-refractivity contribution in [1.29, 1.82) is 0 Å². The van der Waals surface area contributed by atoms with E-state index in [-0.39, 0.29) is 10.8 Å². The molecule has 0 saturated carbocycles. The van der Waals surface area contributed by atoms with E-state index in [9.17, 15) is 13.2 Å². The first-order chi connectivity index (χ1) is 10.7. The second kappa shape index (κ2) is 6.55. The van der Waals surface area contributed by atoms with Crippen LogP contribution in [0.4, 0.5) is 0 Å². The van der Waals surface area contributed by atoms with Crippen LogP contribution in [-0.2, 0) is 16.6 Å². The van der Waals surface area contributed by atoms with E-state index in [1.165, 1.54) is 24.1 Å². The molecule has 2 rings (SSSR count). The molecule has 6 nitrogen and oxygen atoms in total. The van der Waals surface area contributed by atoms with Crippen molar-refractivity contribution >= 4 is 15.9 Å². The molecule has 0 fully saturated rings. The monoisotopic (exact) mass is 336 g/mol. The Morgan fingerprint density at radius 1 is 1.22 bits per heavy atom. The molecule has 1 aromatic carbocycles. The molecule has 0 saturated heterocycles. The number of nitrogens with zero attached hydrogens (tertiary/aromatic N) is 1. The molecule has 7 heteroatoms. The molecule has 0 aliphatic carbocycles. The van der Waals surface area contributed by atoms with Gasteiger partial charge in [0.15, 0.2) is 0 Å². The molecule has 0 radical (unpaired) electrons. The van der Waals surface area contributed by atoms with Gasteiger partial charge in [-0.05, 0) is 50.7 Å². The average molecular weight is 336 g/mol. The molecule has 1 aromatic heterocycles. The summed E-state index contributed by atoms with van der Waals surface area (Å²) in [6.07, 6.45) is 0. The summed E-state index contributed by atoms with van der Waals surface area (Å²) >= 11 is 0. The van der Waals surface area contributed by atoms with Gasteiger partial charge in [0, 0.05) is 12.6 Å². The predicted octanol–water partition coefficient (Wildman–Crippen LogP) is 2.08. The smallest absolute Gasteiger partial charge is 0.254 e. The van der Waals surface area contributed by atoms with Crippen LogP contribution in [0.15, 0.2) is 39.6 Å². The van der Waals surface area contributed by atoms with Crippen molar-refractivity contribution < 1.29 is 17.6 Å². The zero-order valence-electron chi connectivity index (χ0n) is 13.6. The third kappa shape index (κ3) is 3.80. The number of carbonyl (C=O) groups excluding carboxylic acids is 1. The number of hydrogen-bond donors (Lipinski definition) is 1. The van der Waals surface area contributed by atoms with Gasteiger partial charge in [0.25, 0.3) is 5.91 Å². The number of benzene rings is 1. The summed E-state index contributed by atoms with van der Waals surface area (Å²) in [5, 5.41) is 0. The van der Waals surface area contributed by atoms with E-state index < -0.39 is 10.0 Å². The molecule has 0 unspecified atom stereocenters. The van der Waals surface area contributed by atoms with Crippen molar-refractivity contribution in [2.45, 2.75) is 25.3 Å². The van der Waals surface area contributed by atoms with E-state index in [0.29, 0.717) is 23.4 Å². The summed E-state index contributed by atoms with van der Waals surface area (Å²) in [5.74, 6) is 1.19. The van der Waals surface area contributed by atoms with Crippen molar-refractivity contribution in [1.82, 2.24) is 9.62 Å². The van der Waals surface area contributed by atoms with Crippen molar-refractivity contribution in [3.63, 3.8) is 0 Å². The van der Waals surface area contributed by atoms with Gasteiger partial charge >= 0.3 is 0 Å². The van der Waals surface area contributed by atoms with Crippen LogP contribution in [-0.4, -0.2) is 33.3 Å². The number of hydrogen-bond acceptors (Lipinski definition) is 4. The zero-order chi connectivity index (χ0) is 17.2. The molecule has 0 spiro atoms. The molecule has 0 atom stereocenters. The van der Waals surface area contributed by atoms with Crippen molar-refractivity contribution in [2.75, 3.05) is 14.1 Å². The van der Waals surface area contributed by atoms with Gasteiger partial charge in [-0.3, -0.25) is 4.79 Å². The first kappa shape index (κ1) is 17.2. The highest BCUT2D eigenvalue weighted by Gasteiger charge is 2.19. The third-order valence-corrected chi connectivity index (χ3v) is 4.97. The number of nitrogens with one attached hydrogen (secondary N) is 1. The Morgan fingerprint density at radius 2 is 1.91 bits per heavy atom. The van der Waals surface area contributed by atoms with Gasteiger partial charge in [-0.15, -0.1) is 0 Å². The molecule has 1 N–H and O–H groups in total. The zero-order valence-corrected chi connectivity index (χ0v) is 14.4. The minimum absolute atomic E-state index is 0.0659. The standard InChI is InChI=1S/C16H20N2O4S/c1-11-5-8-14(23(20,21)17-3)9-15(11)16(19)18(4)10-13-7-6-12(2)22-13/h5-9,17H,10H2,1-4H3. The topological polar surface area (TPSA) is 79.6 Å². The van der Waals surface area contributed by atoms with Crippen LogP contribution in [0.5, 0.6) is 0 Å². The van der Waals surface area contributed by atoms with E-state index in [1.54, 1.807) is 20.0 Å². The van der Waals surface area contributed by atoms with Gasteiger partial charge in [0.2, 0.25) is 10.0 Å². The molecule has 2 aromatic rings. The largest absolute Gasteiger partial charge is 0.464 e. The number of aryl methyl sites for hydroxylation is 2. The maximum absolute atomic E-state index is 12.6. The lowest BCUT2D eigenvalue weighted by atomic mass is 10.1. The average Bonchev–Trinajstić information content (AvgIpc) is 2.91. The van der Waals surface area contributed by atoms with Gasteiger partial charge in [-0.25, -0.2) is 13.1 Å². The number of sulfonamides is 1. The minimum atomic E-state index is -3.59. The Bertz CT molecular complexity index is 824. The maximum atomic E-state index is 12.6. The van der Waals surface area contributed by atoms with E-state index in [2.05, 4.69) is 4.72 Å². The second-order valence-electron chi connectivity index (χ2n) is 5.36. The highest BCUT2D eigenvalue weighted by molar-refractivity contribution is 7.89. The highest BCUT2D eigenvalue weighted by Crippen LogP contribution is 2.18. The molecule has 23 heavy (non-hydrogen) atoms. The van der Waals surface area contributed by atoms with Crippen molar-refractivity contribution in [2.24, 2.45) is 0 Å². The quantitative estimate of drug-likeness (QED) is 0.906. The lowest BCUT2D eigenvalue weighted by Crippen LogP contribution is -2.27. The first-order valence-corrected chi connectivity index (χ1v) is 8.58. The predicted molar refractivity (Wildman–Crippen MR) is 86.7 cm³/mol. The molecule has 1 amide bonds. The fraction of sp³-hybridized carbons (Fsp3) is 0.312. The number of amides is 1. The maximum Gasteiger partial charge on any atom is 0.254 e. The fourth-order valence-electron chi connectivity index (χ4n) is 2.20. The summed E-state index contributed by atoms with van der Waals surface area (Å²) in [6.45, 7) is 3.92. The lowest BCUT2D eigenvalue weighted by molar-refractivity contribution is 0.0774. The molecule has 124 valence electrons. The minimum Gasteiger partial charge on any atom is -0.464 e. The summed E-state index contributed by atoms with van der Waals surface area (Å²) < 4.78 is 31.5. The van der Waals surface area contributed by atoms with Crippen LogP contribution >= 0.6 is 0 Å². The third-order valence-electron chi connectivity index (χ3n) is 3.55. The molecule has 0 aliphatic rings. The van der Waals surface area contributed by atoms with Gasteiger partial charge in [0.05, 0.1) is 11.4 Å². The molecule has 1 heterocycles. The van der Waals surface area contributed by atoms with Crippen LogP contribution < -0.4 is 4.72 Å². The molecule has 0 aliphatic heterocycles. The Labute approximate surface area is 136 Å². The Morgan fingerprint density at radius 3 is 2.48 bits per heavy atom. The Kier molecular flexibility index (Phi) is 4.91. The Hall–Kier alpha value is -2.12. The van der Waals surface area contributed by atoms with E-state index in [1.807, 2.05) is 19.1 Å². The van der Waals surface area contributed by atoms with Gasteiger partial charge in [-0.1, -0.05) is 6.07 Å². The van der Waals surface area contributed by atoms with E-state index in [0.717, 1.165) is 5.76 Å². The number of furan rings is 1. The molecular formula is C16H20N2O4S. The SMILES string of the molecule is CNS(=O)(=O)c1ccc(C)c(C(=O)N(C)Cc2ccc(C)o2)c1. The van der Waals surface area contributed by atoms with Crippen LogP contribution in [0.25, 0.3) is 0 Å². The summed E-state index contributed by atoms with van der Waals surface area (Å²) in [5.41, 5.74) is 1.07. The number of rotatable bonds is 5. The van der Waals surface area contributed by atoms with Crippen LogP contribution in [0.1, 0.15) is 27.4 Å². The fourth-order valence-corrected chi connectivity index (χ4v) is 2.95. The first-order valence-electron chi connectivity index (χ1n) is 7.09. The summed E-state index contributed by atoms with van der Waals surface area (Å²) in [7, 11) is -0.604. The van der Waals surface area contributed by atoms with Crippen LogP contribution in [0.2, 0.25) is 0 Å². The van der Waals surface area contributed by atoms with Crippen LogP contribution in [0.3, 0.4) is 0 Å². The van der Waals surface area contributed by atoms with E-state index in [4.69, 9.17) is 4.42 Å². The summed E-state index contributed by atoms with van der Waals surface area (Å²) in [6, 6.07) is 8.15. The second-order valence-corrected chi connectivity index (χ2v) is 7.24. The van der Waals surface area contributed by atoms with Gasteiger partial charge in [-0.2, -0.15) is 0 Å². The van der Waals surface area contributed by atoms with Gasteiger partial charge < -0.3 is 9.32 Å². The molecular weight excluding hydrogens is 316 g/mol. The highest BCUT2D eigenvalue weighted by atomic mass is 32.2. The molecule has 0 bridgehead atoms. The van der Waals surface area contributed by atoms with E-state index >= 15 is 0 Å². The Balaban J connectivity index is 2.29. The normalized spacial score (nSPS) is 11.5.